The van der Waals surface area contributed by atoms with E-state index in [1.807, 2.05) is 60.7 Å². The monoisotopic (exact) mass is 405 g/mol. The van der Waals surface area contributed by atoms with Crippen LogP contribution in [-0.2, 0) is 16.6 Å². The van der Waals surface area contributed by atoms with E-state index in [-0.39, 0.29) is 24.5 Å². The summed E-state index contributed by atoms with van der Waals surface area (Å²) in [7, 11) is 2.84. The Kier molecular flexibility index (Phi) is 6.75. The second-order valence-corrected chi connectivity index (χ2v) is 6.70. The molecule has 0 fully saturated rings. The summed E-state index contributed by atoms with van der Waals surface area (Å²) in [5.74, 6) is -0.848. The second kappa shape index (κ2) is 9.65. The molecule has 0 aliphatic heterocycles. The van der Waals surface area contributed by atoms with Crippen molar-refractivity contribution in [3.05, 3.63) is 76.6 Å². The molecule has 0 spiro atoms. The van der Waals surface area contributed by atoms with E-state index in [9.17, 15) is 14.4 Å². The molecule has 154 valence electrons. The Balaban J connectivity index is 2.07. The van der Waals surface area contributed by atoms with Crippen molar-refractivity contribution >= 4 is 11.9 Å². The smallest absolute Gasteiger partial charge is 0.305 e. The average molecular weight is 405 g/mol. The Hall–Kier alpha value is -3.74. The Morgan fingerprint density at radius 3 is 2.20 bits per heavy atom. The molecular weight excluding hydrogens is 382 g/mol. The number of rotatable bonds is 7. The van der Waals surface area contributed by atoms with E-state index in [1.165, 1.54) is 18.8 Å². The van der Waals surface area contributed by atoms with Gasteiger partial charge < -0.3 is 10.1 Å². The lowest BCUT2D eigenvalue weighted by Crippen LogP contribution is -2.35. The molecule has 1 N–H and O–H groups in total. The van der Waals surface area contributed by atoms with Crippen LogP contribution in [0.15, 0.2) is 65.5 Å². The third-order valence-corrected chi connectivity index (χ3v) is 4.65. The number of methoxy groups -OCH3 is 1. The Morgan fingerprint density at radius 2 is 1.60 bits per heavy atom. The van der Waals surface area contributed by atoms with Gasteiger partial charge in [0, 0.05) is 31.1 Å². The van der Waals surface area contributed by atoms with Crippen LogP contribution in [0.1, 0.15) is 23.2 Å². The van der Waals surface area contributed by atoms with Gasteiger partial charge in [-0.2, -0.15) is 5.10 Å². The third-order valence-electron chi connectivity index (χ3n) is 4.65. The molecule has 0 saturated carbocycles. The van der Waals surface area contributed by atoms with Gasteiger partial charge in [0.05, 0.1) is 12.8 Å². The first kappa shape index (κ1) is 21.0. The SMILES string of the molecule is COC(=O)CCCNC(=O)c1c(-c2ccccc2)c(-c2ccccc2)nn(C)c1=O. The number of ether oxygens (including phenoxy) is 1. The van der Waals surface area contributed by atoms with Crippen LogP contribution in [0.5, 0.6) is 0 Å². The van der Waals surface area contributed by atoms with Crippen molar-refractivity contribution in [2.45, 2.75) is 12.8 Å². The van der Waals surface area contributed by atoms with Crippen LogP contribution in [0.2, 0.25) is 0 Å². The fourth-order valence-electron chi connectivity index (χ4n) is 3.15. The van der Waals surface area contributed by atoms with Gasteiger partial charge in [-0.1, -0.05) is 60.7 Å². The number of aromatic nitrogens is 2. The molecule has 7 nitrogen and oxygen atoms in total. The molecule has 1 amide bonds. The molecule has 30 heavy (non-hydrogen) atoms. The predicted molar refractivity (Wildman–Crippen MR) is 114 cm³/mol. The summed E-state index contributed by atoms with van der Waals surface area (Å²) in [5.41, 5.74) is 2.08. The quantitative estimate of drug-likeness (QED) is 0.482. The van der Waals surface area contributed by atoms with Crippen LogP contribution < -0.4 is 10.9 Å². The molecule has 1 aromatic heterocycles. The summed E-state index contributed by atoms with van der Waals surface area (Å²) in [6, 6.07) is 18.7. The van der Waals surface area contributed by atoms with Crippen LogP contribution in [0.25, 0.3) is 22.4 Å². The zero-order chi connectivity index (χ0) is 21.5. The first-order chi connectivity index (χ1) is 14.5. The molecule has 0 aliphatic carbocycles. The average Bonchev–Trinajstić information content (AvgIpc) is 2.78. The topological polar surface area (TPSA) is 90.3 Å². The van der Waals surface area contributed by atoms with Crippen molar-refractivity contribution in [3.63, 3.8) is 0 Å². The molecule has 0 radical (unpaired) electrons. The minimum atomic E-state index is -0.501. The van der Waals surface area contributed by atoms with E-state index in [4.69, 9.17) is 0 Å². The number of hydrogen-bond acceptors (Lipinski definition) is 5. The van der Waals surface area contributed by atoms with E-state index in [2.05, 4.69) is 15.2 Å². The van der Waals surface area contributed by atoms with Crippen molar-refractivity contribution in [2.24, 2.45) is 7.05 Å². The summed E-state index contributed by atoms with van der Waals surface area (Å²) in [5, 5.41) is 7.20. The Labute approximate surface area is 174 Å². The van der Waals surface area contributed by atoms with Crippen LogP contribution in [0.4, 0.5) is 0 Å². The standard InChI is InChI=1S/C23H23N3O4/c1-26-23(29)20(22(28)24-15-9-14-18(27)30-2)19(16-10-5-3-6-11-16)21(25-26)17-12-7-4-8-13-17/h3-8,10-13H,9,14-15H2,1-2H3,(H,24,28). The molecule has 0 bridgehead atoms. The van der Waals surface area contributed by atoms with Gasteiger partial charge >= 0.3 is 5.97 Å². The number of carbonyl (C=O) groups is 2. The van der Waals surface area contributed by atoms with E-state index < -0.39 is 11.5 Å². The summed E-state index contributed by atoms with van der Waals surface area (Å²) >= 11 is 0. The number of carbonyl (C=O) groups excluding carboxylic acids is 2. The van der Waals surface area contributed by atoms with E-state index in [0.717, 1.165) is 11.1 Å². The van der Waals surface area contributed by atoms with Crippen LogP contribution >= 0.6 is 0 Å². The fraction of sp³-hybridized carbons (Fsp3) is 0.217. The molecule has 3 aromatic rings. The van der Waals surface area contributed by atoms with Gasteiger partial charge in [0.1, 0.15) is 5.56 Å². The highest BCUT2D eigenvalue weighted by Crippen LogP contribution is 2.31. The number of amides is 1. The van der Waals surface area contributed by atoms with Crippen molar-refractivity contribution in [1.82, 2.24) is 15.1 Å². The highest BCUT2D eigenvalue weighted by Gasteiger charge is 2.24. The highest BCUT2D eigenvalue weighted by atomic mass is 16.5. The number of benzene rings is 2. The lowest BCUT2D eigenvalue weighted by molar-refractivity contribution is -0.140. The summed E-state index contributed by atoms with van der Waals surface area (Å²) in [4.78, 5) is 37.3. The largest absolute Gasteiger partial charge is 0.469 e. The number of aryl methyl sites for hydroxylation is 1. The molecule has 0 aliphatic rings. The second-order valence-electron chi connectivity index (χ2n) is 6.70. The first-order valence-corrected chi connectivity index (χ1v) is 9.60. The minimum Gasteiger partial charge on any atom is -0.469 e. The maximum atomic E-state index is 13.0. The van der Waals surface area contributed by atoms with E-state index >= 15 is 0 Å². The minimum absolute atomic E-state index is 0.0237. The number of nitrogens with one attached hydrogen (secondary N) is 1. The van der Waals surface area contributed by atoms with E-state index in [1.54, 1.807) is 0 Å². The molecule has 1 heterocycles. The molecule has 0 atom stereocenters. The van der Waals surface area contributed by atoms with Gasteiger partial charge in [-0.25, -0.2) is 4.68 Å². The summed E-state index contributed by atoms with van der Waals surface area (Å²) in [6.45, 7) is 0.244. The maximum absolute atomic E-state index is 13.0. The number of esters is 1. The predicted octanol–water partition coefficient (Wildman–Crippen LogP) is 2.80. The molecule has 7 heteroatoms. The van der Waals surface area contributed by atoms with Crippen molar-refractivity contribution in [3.8, 4) is 22.4 Å². The van der Waals surface area contributed by atoms with E-state index in [0.29, 0.717) is 17.7 Å². The Bertz CT molecular complexity index is 1090. The number of nitrogens with zero attached hydrogens (tertiary/aromatic N) is 2. The van der Waals surface area contributed by atoms with Gasteiger partial charge in [-0.05, 0) is 12.0 Å². The molecule has 0 unspecified atom stereocenters. The van der Waals surface area contributed by atoms with Gasteiger partial charge in [0.25, 0.3) is 11.5 Å². The third kappa shape index (κ3) is 4.63. The van der Waals surface area contributed by atoms with Crippen LogP contribution in [0.3, 0.4) is 0 Å². The van der Waals surface area contributed by atoms with Gasteiger partial charge in [-0.15, -0.1) is 0 Å². The molecular formula is C23H23N3O4. The molecule has 2 aromatic carbocycles. The zero-order valence-electron chi connectivity index (χ0n) is 16.9. The summed E-state index contributed by atoms with van der Waals surface area (Å²) < 4.78 is 5.78. The van der Waals surface area contributed by atoms with Crippen molar-refractivity contribution in [2.75, 3.05) is 13.7 Å². The van der Waals surface area contributed by atoms with Gasteiger partial charge in [0.15, 0.2) is 0 Å². The molecule has 0 saturated heterocycles. The normalized spacial score (nSPS) is 10.5. The van der Waals surface area contributed by atoms with Crippen molar-refractivity contribution < 1.29 is 14.3 Å². The summed E-state index contributed by atoms with van der Waals surface area (Å²) in [6.07, 6.45) is 0.599. The maximum Gasteiger partial charge on any atom is 0.305 e. The zero-order valence-corrected chi connectivity index (χ0v) is 16.9. The highest BCUT2D eigenvalue weighted by molar-refractivity contribution is 6.03. The van der Waals surface area contributed by atoms with Crippen LogP contribution in [0, 0.1) is 0 Å². The lowest BCUT2D eigenvalue weighted by atomic mass is 9.95. The van der Waals surface area contributed by atoms with Crippen LogP contribution in [-0.4, -0.2) is 35.3 Å². The fourth-order valence-corrected chi connectivity index (χ4v) is 3.15. The van der Waals surface area contributed by atoms with Crippen molar-refractivity contribution in [1.29, 1.82) is 0 Å². The number of hydrogen-bond donors (Lipinski definition) is 1. The molecule has 3 rings (SSSR count). The first-order valence-electron chi connectivity index (χ1n) is 9.60. The van der Waals surface area contributed by atoms with Gasteiger partial charge in [0.2, 0.25) is 0 Å². The van der Waals surface area contributed by atoms with Gasteiger partial charge in [-0.3, -0.25) is 14.4 Å². The lowest BCUT2D eigenvalue weighted by Gasteiger charge is -2.16. The Morgan fingerprint density at radius 1 is 1.00 bits per heavy atom.